The third-order valence-electron chi connectivity index (χ3n) is 3.99. The molecule has 0 aliphatic rings. The maximum absolute atomic E-state index is 13.0. The molecule has 1 heterocycles. The van der Waals surface area contributed by atoms with E-state index in [0.29, 0.717) is 5.56 Å². The van der Waals surface area contributed by atoms with Gasteiger partial charge in [0, 0.05) is 18.6 Å². The van der Waals surface area contributed by atoms with Crippen LogP contribution in [0.4, 0.5) is 16.2 Å². The van der Waals surface area contributed by atoms with Gasteiger partial charge in [-0.1, -0.05) is 72.3 Å². The van der Waals surface area contributed by atoms with E-state index in [2.05, 4.69) is 15.6 Å². The average Bonchev–Trinajstić information content (AvgIpc) is 2.74. The molecule has 7 nitrogen and oxygen atoms in total. The zero-order chi connectivity index (χ0) is 21.5. The van der Waals surface area contributed by atoms with Crippen molar-refractivity contribution in [2.75, 3.05) is 10.6 Å². The second-order valence-electron chi connectivity index (χ2n) is 6.28. The van der Waals surface area contributed by atoms with Gasteiger partial charge in [-0.05, 0) is 5.56 Å². The summed E-state index contributed by atoms with van der Waals surface area (Å²) in [6.07, 6.45) is -0.809. The molecular formula is C22H18ClN3O4. The molecule has 0 atom stereocenters. The molecule has 0 radical (unpaired) electrons. The minimum atomic E-state index is -0.809. The maximum atomic E-state index is 13.0. The zero-order valence-corrected chi connectivity index (χ0v) is 16.8. The summed E-state index contributed by atoms with van der Waals surface area (Å²) >= 11 is 6.06. The lowest BCUT2D eigenvalue weighted by atomic mass is 10.1. The Hall–Kier alpha value is -3.71. The quantitative estimate of drug-likeness (QED) is 0.443. The molecule has 0 bridgehead atoms. The summed E-state index contributed by atoms with van der Waals surface area (Å²) in [4.78, 5) is 41.1. The third-order valence-corrected chi connectivity index (χ3v) is 4.18. The van der Waals surface area contributed by atoms with Crippen molar-refractivity contribution in [2.45, 2.75) is 13.5 Å². The fourth-order valence-electron chi connectivity index (χ4n) is 2.68. The standard InChI is InChI=1S/C22H18ClN3O4/c1-14(27)24-17-12-18(23)25-20(21(28)16-10-6-3-7-11-16)19(17)26-22(29)30-13-15-8-4-2-5-9-15/h2-12H,13H2,1H3,(H,26,29)(H,24,25,27). The van der Waals surface area contributed by atoms with Crippen LogP contribution < -0.4 is 10.6 Å². The number of amides is 2. The number of carbonyl (C=O) groups excluding carboxylic acids is 3. The lowest BCUT2D eigenvalue weighted by molar-refractivity contribution is -0.114. The van der Waals surface area contributed by atoms with Crippen molar-refractivity contribution in [1.29, 1.82) is 0 Å². The highest BCUT2D eigenvalue weighted by atomic mass is 35.5. The minimum absolute atomic E-state index is 0.00140. The SMILES string of the molecule is CC(=O)Nc1cc(Cl)nc(C(=O)c2ccccc2)c1NC(=O)OCc1ccccc1. The van der Waals surface area contributed by atoms with Gasteiger partial charge in [-0.3, -0.25) is 14.9 Å². The van der Waals surface area contributed by atoms with Gasteiger partial charge in [0.05, 0.1) is 11.4 Å². The third kappa shape index (κ3) is 5.42. The van der Waals surface area contributed by atoms with Gasteiger partial charge in [-0.15, -0.1) is 0 Å². The number of halogens is 1. The molecule has 2 N–H and O–H groups in total. The smallest absolute Gasteiger partial charge is 0.412 e. The summed E-state index contributed by atoms with van der Waals surface area (Å²) in [5.74, 6) is -0.876. The second kappa shape index (κ2) is 9.67. The first kappa shape index (κ1) is 21.0. The Kier molecular flexibility index (Phi) is 6.77. The van der Waals surface area contributed by atoms with E-state index < -0.39 is 17.8 Å². The first-order valence-corrected chi connectivity index (χ1v) is 9.37. The van der Waals surface area contributed by atoms with Crippen LogP contribution in [0, 0.1) is 0 Å². The van der Waals surface area contributed by atoms with E-state index in [1.807, 2.05) is 30.3 Å². The van der Waals surface area contributed by atoms with Gasteiger partial charge in [0.25, 0.3) is 0 Å². The molecule has 2 aromatic carbocycles. The Bertz CT molecular complexity index is 1070. The van der Waals surface area contributed by atoms with E-state index in [4.69, 9.17) is 16.3 Å². The number of pyridine rings is 1. The first-order valence-electron chi connectivity index (χ1n) is 8.99. The average molecular weight is 424 g/mol. The molecule has 1 aromatic heterocycles. The second-order valence-corrected chi connectivity index (χ2v) is 6.67. The molecule has 3 aromatic rings. The Labute approximate surface area is 178 Å². The van der Waals surface area contributed by atoms with Crippen LogP contribution in [-0.2, 0) is 16.1 Å². The van der Waals surface area contributed by atoms with Gasteiger partial charge in [-0.25, -0.2) is 9.78 Å². The van der Waals surface area contributed by atoms with Crippen molar-refractivity contribution >= 4 is 40.8 Å². The van der Waals surface area contributed by atoms with E-state index in [1.165, 1.54) is 13.0 Å². The minimum Gasteiger partial charge on any atom is -0.444 e. The van der Waals surface area contributed by atoms with Crippen molar-refractivity contribution in [3.63, 3.8) is 0 Å². The predicted molar refractivity (Wildman–Crippen MR) is 114 cm³/mol. The van der Waals surface area contributed by atoms with E-state index in [-0.39, 0.29) is 28.8 Å². The summed E-state index contributed by atoms with van der Waals surface area (Å²) < 4.78 is 5.23. The molecule has 152 valence electrons. The van der Waals surface area contributed by atoms with E-state index >= 15 is 0 Å². The van der Waals surface area contributed by atoms with Crippen LogP contribution in [0.5, 0.6) is 0 Å². The molecule has 0 aliphatic heterocycles. The number of benzene rings is 2. The number of hydrogen-bond donors (Lipinski definition) is 2. The summed E-state index contributed by atoms with van der Waals surface area (Å²) in [6.45, 7) is 1.33. The van der Waals surface area contributed by atoms with Crippen molar-refractivity contribution in [1.82, 2.24) is 4.98 Å². The number of ether oxygens (including phenoxy) is 1. The summed E-state index contributed by atoms with van der Waals surface area (Å²) in [7, 11) is 0. The topological polar surface area (TPSA) is 97.4 Å². The summed E-state index contributed by atoms with van der Waals surface area (Å²) in [5, 5.41) is 5.06. The Morgan fingerprint density at radius 1 is 0.967 bits per heavy atom. The van der Waals surface area contributed by atoms with Gasteiger partial charge < -0.3 is 10.1 Å². The first-order chi connectivity index (χ1) is 14.4. The largest absolute Gasteiger partial charge is 0.444 e. The van der Waals surface area contributed by atoms with Crippen LogP contribution in [-0.4, -0.2) is 22.8 Å². The molecule has 30 heavy (non-hydrogen) atoms. The normalized spacial score (nSPS) is 10.2. The van der Waals surface area contributed by atoms with Gasteiger partial charge >= 0.3 is 6.09 Å². The zero-order valence-electron chi connectivity index (χ0n) is 16.0. The highest BCUT2D eigenvalue weighted by Gasteiger charge is 2.22. The van der Waals surface area contributed by atoms with Crippen molar-refractivity contribution in [3.05, 3.63) is 88.7 Å². The number of nitrogens with one attached hydrogen (secondary N) is 2. The molecule has 0 saturated heterocycles. The molecule has 0 saturated carbocycles. The fraction of sp³-hybridized carbons (Fsp3) is 0.0909. The van der Waals surface area contributed by atoms with Crippen LogP contribution in [0.3, 0.4) is 0 Å². The van der Waals surface area contributed by atoms with Crippen LogP contribution >= 0.6 is 11.6 Å². The lowest BCUT2D eigenvalue weighted by Gasteiger charge is -2.15. The Morgan fingerprint density at radius 2 is 1.60 bits per heavy atom. The van der Waals surface area contributed by atoms with Crippen molar-refractivity contribution in [3.8, 4) is 0 Å². The van der Waals surface area contributed by atoms with Crippen molar-refractivity contribution in [2.24, 2.45) is 0 Å². The van der Waals surface area contributed by atoms with Crippen LogP contribution in [0.25, 0.3) is 0 Å². The molecule has 8 heteroatoms. The maximum Gasteiger partial charge on any atom is 0.412 e. The summed E-state index contributed by atoms with van der Waals surface area (Å²) in [5.41, 5.74) is 1.17. The molecule has 3 rings (SSSR count). The molecule has 0 unspecified atom stereocenters. The van der Waals surface area contributed by atoms with E-state index in [0.717, 1.165) is 5.56 Å². The number of ketones is 1. The van der Waals surface area contributed by atoms with E-state index in [9.17, 15) is 14.4 Å². The van der Waals surface area contributed by atoms with Crippen LogP contribution in [0.15, 0.2) is 66.7 Å². The predicted octanol–water partition coefficient (Wildman–Crippen LogP) is 4.67. The van der Waals surface area contributed by atoms with Crippen molar-refractivity contribution < 1.29 is 19.1 Å². The fourth-order valence-corrected chi connectivity index (χ4v) is 2.87. The van der Waals surface area contributed by atoms with Gasteiger partial charge in [0.1, 0.15) is 17.5 Å². The van der Waals surface area contributed by atoms with Gasteiger partial charge in [0.2, 0.25) is 11.7 Å². The molecule has 2 amide bonds. The number of anilines is 2. The highest BCUT2D eigenvalue weighted by molar-refractivity contribution is 6.30. The number of carbonyl (C=O) groups is 3. The number of hydrogen-bond acceptors (Lipinski definition) is 5. The van der Waals surface area contributed by atoms with Crippen LogP contribution in [0.2, 0.25) is 5.15 Å². The molecule has 0 aliphatic carbocycles. The Morgan fingerprint density at radius 3 is 2.23 bits per heavy atom. The molecule has 0 spiro atoms. The monoisotopic (exact) mass is 423 g/mol. The highest BCUT2D eigenvalue weighted by Crippen LogP contribution is 2.30. The van der Waals surface area contributed by atoms with Crippen LogP contribution in [0.1, 0.15) is 28.5 Å². The number of aromatic nitrogens is 1. The molecule has 0 fully saturated rings. The summed E-state index contributed by atoms with van der Waals surface area (Å²) in [6, 6.07) is 18.9. The van der Waals surface area contributed by atoms with E-state index in [1.54, 1.807) is 30.3 Å². The van der Waals surface area contributed by atoms with Gasteiger partial charge in [-0.2, -0.15) is 0 Å². The Balaban J connectivity index is 1.92. The van der Waals surface area contributed by atoms with Gasteiger partial charge in [0.15, 0.2) is 0 Å². The number of nitrogens with zero attached hydrogens (tertiary/aromatic N) is 1. The lowest BCUT2D eigenvalue weighted by Crippen LogP contribution is -2.20. The molecular weight excluding hydrogens is 406 g/mol. The number of rotatable bonds is 6.